The van der Waals surface area contributed by atoms with Gasteiger partial charge in [-0.05, 0) is 12.1 Å². The molecule has 1 rings (SSSR count). The van der Waals surface area contributed by atoms with Crippen molar-refractivity contribution in [3.63, 3.8) is 0 Å². The van der Waals surface area contributed by atoms with Gasteiger partial charge in [0, 0.05) is 25.8 Å². The SMILES string of the molecule is COCCNCc1cc(F)c(Cl)cc1F. The molecule has 15 heavy (non-hydrogen) atoms. The Morgan fingerprint density at radius 1 is 1.33 bits per heavy atom. The van der Waals surface area contributed by atoms with Gasteiger partial charge in [-0.1, -0.05) is 11.6 Å². The van der Waals surface area contributed by atoms with Crippen molar-refractivity contribution < 1.29 is 13.5 Å². The molecule has 0 unspecified atom stereocenters. The van der Waals surface area contributed by atoms with Crippen LogP contribution in [0.4, 0.5) is 8.78 Å². The van der Waals surface area contributed by atoms with Gasteiger partial charge >= 0.3 is 0 Å². The third kappa shape index (κ3) is 3.74. The second kappa shape index (κ2) is 6.00. The molecule has 5 heteroatoms. The van der Waals surface area contributed by atoms with Gasteiger partial charge in [-0.3, -0.25) is 0 Å². The van der Waals surface area contributed by atoms with Crippen molar-refractivity contribution in [3.8, 4) is 0 Å². The molecule has 0 fully saturated rings. The summed E-state index contributed by atoms with van der Waals surface area (Å²) in [7, 11) is 1.57. The summed E-state index contributed by atoms with van der Waals surface area (Å²) in [6.07, 6.45) is 0. The number of methoxy groups -OCH3 is 1. The van der Waals surface area contributed by atoms with Crippen molar-refractivity contribution in [3.05, 3.63) is 34.4 Å². The lowest BCUT2D eigenvalue weighted by Gasteiger charge is -2.06. The summed E-state index contributed by atoms with van der Waals surface area (Å²) < 4.78 is 31.0. The van der Waals surface area contributed by atoms with Crippen LogP contribution < -0.4 is 5.32 Å². The smallest absolute Gasteiger partial charge is 0.142 e. The summed E-state index contributed by atoms with van der Waals surface area (Å²) in [5, 5.41) is 2.71. The summed E-state index contributed by atoms with van der Waals surface area (Å²) in [6, 6.07) is 2.07. The molecule has 1 aromatic rings. The summed E-state index contributed by atoms with van der Waals surface area (Å²) >= 11 is 5.41. The zero-order valence-corrected chi connectivity index (χ0v) is 9.07. The molecule has 0 amide bonds. The summed E-state index contributed by atoms with van der Waals surface area (Å²) in [6.45, 7) is 1.36. The van der Waals surface area contributed by atoms with Crippen molar-refractivity contribution in [2.45, 2.75) is 6.54 Å². The van der Waals surface area contributed by atoms with Gasteiger partial charge < -0.3 is 10.1 Å². The number of hydrogen-bond donors (Lipinski definition) is 1. The van der Waals surface area contributed by atoms with Crippen molar-refractivity contribution in [1.82, 2.24) is 5.32 Å². The van der Waals surface area contributed by atoms with E-state index in [0.717, 1.165) is 12.1 Å². The van der Waals surface area contributed by atoms with Gasteiger partial charge in [0.2, 0.25) is 0 Å². The highest BCUT2D eigenvalue weighted by Crippen LogP contribution is 2.18. The molecular formula is C10H12ClF2NO. The molecule has 0 aliphatic carbocycles. The average Bonchev–Trinajstić information content (AvgIpc) is 2.20. The second-order valence-electron chi connectivity index (χ2n) is 3.03. The Labute approximate surface area is 92.2 Å². The summed E-state index contributed by atoms with van der Waals surface area (Å²) in [4.78, 5) is 0. The first-order valence-electron chi connectivity index (χ1n) is 4.48. The lowest BCUT2D eigenvalue weighted by molar-refractivity contribution is 0.199. The van der Waals surface area contributed by atoms with Gasteiger partial charge in [-0.2, -0.15) is 0 Å². The number of hydrogen-bond acceptors (Lipinski definition) is 2. The van der Waals surface area contributed by atoms with E-state index in [2.05, 4.69) is 5.32 Å². The monoisotopic (exact) mass is 235 g/mol. The molecule has 0 saturated heterocycles. The Morgan fingerprint density at radius 3 is 2.73 bits per heavy atom. The lowest BCUT2D eigenvalue weighted by Crippen LogP contribution is -2.19. The molecule has 0 atom stereocenters. The van der Waals surface area contributed by atoms with Gasteiger partial charge in [0.25, 0.3) is 0 Å². The van der Waals surface area contributed by atoms with Crippen molar-refractivity contribution in [2.75, 3.05) is 20.3 Å². The van der Waals surface area contributed by atoms with Crippen molar-refractivity contribution in [2.24, 2.45) is 0 Å². The third-order valence-corrected chi connectivity index (χ3v) is 2.18. The molecule has 0 aliphatic rings. The molecule has 1 aromatic carbocycles. The number of nitrogens with one attached hydrogen (secondary N) is 1. The van der Waals surface area contributed by atoms with E-state index in [1.807, 2.05) is 0 Å². The number of benzene rings is 1. The standard InChI is InChI=1S/C10H12ClF2NO/c1-15-3-2-14-6-7-4-10(13)8(11)5-9(7)12/h4-5,14H,2-3,6H2,1H3. The fraction of sp³-hybridized carbons (Fsp3) is 0.400. The zero-order valence-electron chi connectivity index (χ0n) is 8.32. The molecule has 0 aromatic heterocycles. The first kappa shape index (κ1) is 12.4. The molecule has 2 nitrogen and oxygen atoms in total. The van der Waals surface area contributed by atoms with Crippen LogP contribution in [0, 0.1) is 11.6 Å². The molecular weight excluding hydrogens is 224 g/mol. The first-order chi connectivity index (χ1) is 7.15. The van der Waals surface area contributed by atoms with E-state index in [1.165, 1.54) is 0 Å². The Balaban J connectivity index is 2.57. The minimum absolute atomic E-state index is 0.201. The summed E-state index contributed by atoms with van der Waals surface area (Å²) in [5.41, 5.74) is 0.257. The molecule has 0 spiro atoms. The van der Waals surface area contributed by atoms with E-state index in [9.17, 15) is 8.78 Å². The number of rotatable bonds is 5. The highest BCUT2D eigenvalue weighted by atomic mass is 35.5. The molecule has 0 radical (unpaired) electrons. The number of halogens is 3. The van der Waals surface area contributed by atoms with Crippen LogP contribution in [0.25, 0.3) is 0 Å². The Hall–Kier alpha value is -0.710. The first-order valence-corrected chi connectivity index (χ1v) is 4.86. The largest absolute Gasteiger partial charge is 0.383 e. The van der Waals surface area contributed by atoms with Crippen LogP contribution in [0.2, 0.25) is 5.02 Å². The van der Waals surface area contributed by atoms with Crippen LogP contribution in [0.3, 0.4) is 0 Å². The molecule has 0 bridgehead atoms. The van der Waals surface area contributed by atoms with Crippen LogP contribution in [-0.4, -0.2) is 20.3 Å². The fourth-order valence-corrected chi connectivity index (χ4v) is 1.25. The Morgan fingerprint density at radius 2 is 2.07 bits per heavy atom. The second-order valence-corrected chi connectivity index (χ2v) is 3.43. The van der Waals surface area contributed by atoms with E-state index in [1.54, 1.807) is 7.11 Å². The maximum absolute atomic E-state index is 13.2. The predicted molar refractivity (Wildman–Crippen MR) is 55.0 cm³/mol. The maximum Gasteiger partial charge on any atom is 0.142 e. The van der Waals surface area contributed by atoms with Gasteiger partial charge in [0.05, 0.1) is 11.6 Å². The maximum atomic E-state index is 13.2. The van der Waals surface area contributed by atoms with E-state index in [4.69, 9.17) is 16.3 Å². The molecule has 0 aliphatic heterocycles. The minimum atomic E-state index is -0.610. The van der Waals surface area contributed by atoms with Gasteiger partial charge in [-0.25, -0.2) is 8.78 Å². The molecule has 84 valence electrons. The highest BCUT2D eigenvalue weighted by molar-refractivity contribution is 6.30. The van der Waals surface area contributed by atoms with Gasteiger partial charge in [0.1, 0.15) is 11.6 Å². The van der Waals surface area contributed by atoms with Crippen LogP contribution in [0.1, 0.15) is 5.56 Å². The fourth-order valence-electron chi connectivity index (χ4n) is 1.10. The van der Waals surface area contributed by atoms with E-state index in [0.29, 0.717) is 13.2 Å². The quantitative estimate of drug-likeness (QED) is 0.625. The van der Waals surface area contributed by atoms with Gasteiger partial charge in [0.15, 0.2) is 0 Å². The Kier molecular flexibility index (Phi) is 4.94. The number of ether oxygens (including phenoxy) is 1. The van der Waals surface area contributed by atoms with Crippen LogP contribution in [-0.2, 0) is 11.3 Å². The molecule has 0 saturated carbocycles. The van der Waals surface area contributed by atoms with Crippen LogP contribution >= 0.6 is 11.6 Å². The van der Waals surface area contributed by atoms with E-state index < -0.39 is 11.6 Å². The van der Waals surface area contributed by atoms with Crippen LogP contribution in [0.15, 0.2) is 12.1 Å². The van der Waals surface area contributed by atoms with Crippen molar-refractivity contribution in [1.29, 1.82) is 0 Å². The normalized spacial score (nSPS) is 10.7. The predicted octanol–water partition coefficient (Wildman–Crippen LogP) is 2.35. The third-order valence-electron chi connectivity index (χ3n) is 1.89. The zero-order chi connectivity index (χ0) is 11.3. The minimum Gasteiger partial charge on any atom is -0.383 e. The molecule has 0 heterocycles. The van der Waals surface area contributed by atoms with E-state index >= 15 is 0 Å². The van der Waals surface area contributed by atoms with Gasteiger partial charge in [-0.15, -0.1) is 0 Å². The molecule has 1 N–H and O–H groups in total. The lowest BCUT2D eigenvalue weighted by atomic mass is 10.2. The van der Waals surface area contributed by atoms with E-state index in [-0.39, 0.29) is 17.1 Å². The Bertz CT molecular complexity index is 333. The highest BCUT2D eigenvalue weighted by Gasteiger charge is 2.07. The topological polar surface area (TPSA) is 21.3 Å². The van der Waals surface area contributed by atoms with Crippen molar-refractivity contribution >= 4 is 11.6 Å². The summed E-state index contributed by atoms with van der Waals surface area (Å²) in [5.74, 6) is -1.12. The average molecular weight is 236 g/mol. The van der Waals surface area contributed by atoms with Crippen LogP contribution in [0.5, 0.6) is 0 Å².